The molecule has 0 radical (unpaired) electrons. The van der Waals surface area contributed by atoms with Crippen LogP contribution in [-0.2, 0) is 11.3 Å². The maximum atomic E-state index is 13.3. The topological polar surface area (TPSA) is 39.2 Å². The van der Waals surface area contributed by atoms with E-state index in [9.17, 15) is 9.18 Å². The molecule has 5 heteroatoms. The molecule has 2 rings (SSSR count). The van der Waals surface area contributed by atoms with Gasteiger partial charge in [0.1, 0.15) is 23.3 Å². The quantitative estimate of drug-likeness (QED) is 0.632. The van der Waals surface area contributed by atoms with Gasteiger partial charge in [0.05, 0.1) is 0 Å². The Bertz CT molecular complexity index is 574. The van der Waals surface area contributed by atoms with Gasteiger partial charge in [-0.1, -0.05) is 35.9 Å². The molecule has 1 aromatic carbocycles. The number of halogens is 2. The lowest BCUT2D eigenvalue weighted by atomic mass is 10.2. The summed E-state index contributed by atoms with van der Waals surface area (Å²) in [5, 5.41) is 0.204. The normalized spacial score (nSPS) is 10.1. The SMILES string of the molecule is O=C(OCc1ccccc1F)c1cccc(Cl)n1. The zero-order valence-electron chi connectivity index (χ0n) is 9.27. The minimum Gasteiger partial charge on any atom is -0.456 e. The fourth-order valence-corrected chi connectivity index (χ4v) is 1.52. The molecule has 0 N–H and O–H groups in total. The van der Waals surface area contributed by atoms with E-state index in [1.54, 1.807) is 30.3 Å². The Morgan fingerprint density at radius 3 is 2.72 bits per heavy atom. The van der Waals surface area contributed by atoms with Gasteiger partial charge in [0.15, 0.2) is 0 Å². The molecule has 0 aliphatic heterocycles. The number of benzene rings is 1. The summed E-state index contributed by atoms with van der Waals surface area (Å²) in [6.45, 7) is -0.139. The molecule has 0 bridgehead atoms. The summed E-state index contributed by atoms with van der Waals surface area (Å²) in [5.41, 5.74) is 0.409. The number of aromatic nitrogens is 1. The monoisotopic (exact) mass is 265 g/mol. The van der Waals surface area contributed by atoms with Gasteiger partial charge < -0.3 is 4.74 Å². The van der Waals surface area contributed by atoms with Crippen LogP contribution >= 0.6 is 11.6 Å². The molecule has 0 atom stereocenters. The van der Waals surface area contributed by atoms with Crippen LogP contribution in [0, 0.1) is 5.82 Å². The summed E-state index contributed by atoms with van der Waals surface area (Å²) in [4.78, 5) is 15.4. The van der Waals surface area contributed by atoms with Gasteiger partial charge in [0.2, 0.25) is 0 Å². The van der Waals surface area contributed by atoms with E-state index < -0.39 is 11.8 Å². The highest BCUT2D eigenvalue weighted by Gasteiger charge is 2.10. The third-order valence-corrected chi connectivity index (χ3v) is 2.45. The molecular formula is C13H9ClFNO2. The van der Waals surface area contributed by atoms with Gasteiger partial charge in [-0.3, -0.25) is 0 Å². The van der Waals surface area contributed by atoms with Crippen LogP contribution in [0.1, 0.15) is 16.1 Å². The van der Waals surface area contributed by atoms with Crippen molar-refractivity contribution in [1.29, 1.82) is 0 Å². The van der Waals surface area contributed by atoms with Crippen LogP contribution < -0.4 is 0 Å². The van der Waals surface area contributed by atoms with Gasteiger partial charge in [0, 0.05) is 5.56 Å². The molecule has 92 valence electrons. The minimum absolute atomic E-state index is 0.0961. The predicted molar refractivity (Wildman–Crippen MR) is 64.8 cm³/mol. The number of esters is 1. The first-order valence-corrected chi connectivity index (χ1v) is 5.57. The van der Waals surface area contributed by atoms with E-state index in [4.69, 9.17) is 16.3 Å². The maximum Gasteiger partial charge on any atom is 0.357 e. The Morgan fingerprint density at radius 2 is 2.00 bits per heavy atom. The number of rotatable bonds is 3. The van der Waals surface area contributed by atoms with Crippen LogP contribution in [0.15, 0.2) is 42.5 Å². The molecule has 0 unspecified atom stereocenters. The van der Waals surface area contributed by atoms with Gasteiger partial charge in [-0.25, -0.2) is 14.2 Å². The summed E-state index contributed by atoms with van der Waals surface area (Å²) < 4.78 is 18.2. The first-order chi connectivity index (χ1) is 8.66. The summed E-state index contributed by atoms with van der Waals surface area (Å²) in [6, 6.07) is 10.7. The van der Waals surface area contributed by atoms with Crippen LogP contribution in [0.3, 0.4) is 0 Å². The fraction of sp³-hybridized carbons (Fsp3) is 0.0769. The third kappa shape index (κ3) is 3.05. The molecule has 0 saturated heterocycles. The van der Waals surface area contributed by atoms with E-state index >= 15 is 0 Å². The van der Waals surface area contributed by atoms with Crippen molar-refractivity contribution in [3.8, 4) is 0 Å². The van der Waals surface area contributed by atoms with Gasteiger partial charge in [-0.15, -0.1) is 0 Å². The molecule has 0 fully saturated rings. The molecule has 1 aromatic heterocycles. The van der Waals surface area contributed by atoms with E-state index in [2.05, 4.69) is 4.98 Å². The minimum atomic E-state index is -0.638. The molecule has 0 amide bonds. The van der Waals surface area contributed by atoms with Crippen LogP contribution in [0.25, 0.3) is 0 Å². The van der Waals surface area contributed by atoms with E-state index in [-0.39, 0.29) is 17.5 Å². The van der Waals surface area contributed by atoms with Crippen molar-refractivity contribution >= 4 is 17.6 Å². The number of carbonyl (C=O) groups excluding carboxylic acids is 1. The second-order valence-corrected chi connectivity index (χ2v) is 3.90. The number of hydrogen-bond donors (Lipinski definition) is 0. The summed E-state index contributed by atoms with van der Waals surface area (Å²) in [6.07, 6.45) is 0. The molecule has 3 nitrogen and oxygen atoms in total. The largest absolute Gasteiger partial charge is 0.456 e. The van der Waals surface area contributed by atoms with Gasteiger partial charge in [0.25, 0.3) is 0 Å². The van der Waals surface area contributed by atoms with Crippen LogP contribution in [0.5, 0.6) is 0 Å². The van der Waals surface area contributed by atoms with Gasteiger partial charge in [-0.2, -0.15) is 0 Å². The third-order valence-electron chi connectivity index (χ3n) is 2.24. The van der Waals surface area contributed by atoms with Crippen molar-refractivity contribution < 1.29 is 13.9 Å². The Kier molecular flexibility index (Phi) is 3.89. The second kappa shape index (κ2) is 5.60. The highest BCUT2D eigenvalue weighted by atomic mass is 35.5. The highest BCUT2D eigenvalue weighted by molar-refractivity contribution is 6.29. The zero-order chi connectivity index (χ0) is 13.0. The summed E-state index contributed by atoms with van der Waals surface area (Å²) in [7, 11) is 0. The standard InChI is InChI=1S/C13H9ClFNO2/c14-12-7-3-6-11(16-12)13(17)18-8-9-4-1-2-5-10(9)15/h1-7H,8H2. The average molecular weight is 266 g/mol. The molecule has 0 saturated carbocycles. The summed E-state index contributed by atoms with van der Waals surface area (Å²) in [5.74, 6) is -1.05. The van der Waals surface area contributed by atoms with Crippen molar-refractivity contribution in [1.82, 2.24) is 4.98 Å². The molecule has 0 aliphatic rings. The number of pyridine rings is 1. The lowest BCUT2D eigenvalue weighted by Gasteiger charge is -2.05. The van der Waals surface area contributed by atoms with Crippen molar-refractivity contribution in [2.75, 3.05) is 0 Å². The molecule has 1 heterocycles. The molecule has 0 spiro atoms. The molecule has 18 heavy (non-hydrogen) atoms. The Balaban J connectivity index is 2.03. The number of nitrogens with zero attached hydrogens (tertiary/aromatic N) is 1. The maximum absolute atomic E-state index is 13.3. The molecule has 0 aliphatic carbocycles. The Morgan fingerprint density at radius 1 is 1.22 bits per heavy atom. The fourth-order valence-electron chi connectivity index (χ4n) is 1.35. The van der Waals surface area contributed by atoms with Crippen molar-refractivity contribution in [2.45, 2.75) is 6.61 Å². The highest BCUT2D eigenvalue weighted by Crippen LogP contribution is 2.10. The van der Waals surface area contributed by atoms with E-state index in [1.165, 1.54) is 12.1 Å². The number of carbonyl (C=O) groups is 1. The first kappa shape index (κ1) is 12.5. The van der Waals surface area contributed by atoms with Crippen LogP contribution in [-0.4, -0.2) is 11.0 Å². The Hall–Kier alpha value is -1.94. The first-order valence-electron chi connectivity index (χ1n) is 5.20. The molecule has 2 aromatic rings. The van der Waals surface area contributed by atoms with Crippen LogP contribution in [0.2, 0.25) is 5.15 Å². The zero-order valence-corrected chi connectivity index (χ0v) is 10.0. The van der Waals surface area contributed by atoms with Crippen molar-refractivity contribution in [3.05, 3.63) is 64.7 Å². The predicted octanol–water partition coefficient (Wildman–Crippen LogP) is 3.23. The van der Waals surface area contributed by atoms with Crippen LogP contribution in [0.4, 0.5) is 4.39 Å². The van der Waals surface area contributed by atoms with Gasteiger partial charge in [-0.05, 0) is 18.2 Å². The lowest BCUT2D eigenvalue weighted by molar-refractivity contribution is 0.0462. The van der Waals surface area contributed by atoms with E-state index in [0.717, 1.165) is 0 Å². The number of ether oxygens (including phenoxy) is 1. The van der Waals surface area contributed by atoms with Crippen molar-refractivity contribution in [3.63, 3.8) is 0 Å². The molecular weight excluding hydrogens is 257 g/mol. The summed E-state index contributed by atoms with van der Waals surface area (Å²) >= 11 is 5.65. The Labute approximate surface area is 108 Å². The van der Waals surface area contributed by atoms with Gasteiger partial charge >= 0.3 is 5.97 Å². The lowest BCUT2D eigenvalue weighted by Crippen LogP contribution is -2.08. The van der Waals surface area contributed by atoms with E-state index in [0.29, 0.717) is 5.56 Å². The second-order valence-electron chi connectivity index (χ2n) is 3.51. The number of hydrogen-bond acceptors (Lipinski definition) is 3. The van der Waals surface area contributed by atoms with Crippen molar-refractivity contribution in [2.24, 2.45) is 0 Å². The van der Waals surface area contributed by atoms with E-state index in [1.807, 2.05) is 0 Å². The average Bonchev–Trinajstić information content (AvgIpc) is 2.37. The smallest absolute Gasteiger partial charge is 0.357 e.